The van der Waals surface area contributed by atoms with E-state index in [9.17, 15) is 0 Å². The summed E-state index contributed by atoms with van der Waals surface area (Å²) in [5.41, 5.74) is 2.54. The number of thiazole rings is 1. The van der Waals surface area contributed by atoms with Gasteiger partial charge < -0.3 is 4.74 Å². The van der Waals surface area contributed by atoms with Gasteiger partial charge in [0.1, 0.15) is 10.9 Å². The van der Waals surface area contributed by atoms with Crippen LogP contribution in [0.3, 0.4) is 0 Å². The average molecular weight is 296 g/mol. The van der Waals surface area contributed by atoms with Crippen LogP contribution in [-0.4, -0.2) is 4.98 Å². The summed E-state index contributed by atoms with van der Waals surface area (Å²) in [4.78, 5) is 4.13. The summed E-state index contributed by atoms with van der Waals surface area (Å²) in [6, 6.07) is 6.33. The van der Waals surface area contributed by atoms with Gasteiger partial charge in [-0.15, -0.1) is 0 Å². The molecule has 0 fully saturated rings. The first-order valence-corrected chi connectivity index (χ1v) is 7.58. The molecule has 2 rings (SSSR count). The van der Waals surface area contributed by atoms with Crippen molar-refractivity contribution in [2.45, 2.75) is 39.5 Å². The second-order valence-corrected chi connectivity index (χ2v) is 6.68. The van der Waals surface area contributed by atoms with E-state index in [2.05, 4.69) is 44.8 Å². The summed E-state index contributed by atoms with van der Waals surface area (Å²) in [5.74, 6) is 0.857. The molecule has 2 nitrogen and oxygen atoms in total. The van der Waals surface area contributed by atoms with E-state index in [1.807, 2.05) is 6.07 Å². The number of aromatic nitrogens is 1. The molecule has 1 heterocycles. The lowest BCUT2D eigenvalue weighted by Gasteiger charge is -2.23. The van der Waals surface area contributed by atoms with Gasteiger partial charge in [0.2, 0.25) is 0 Å². The van der Waals surface area contributed by atoms with Crippen LogP contribution in [0.4, 0.5) is 0 Å². The maximum absolute atomic E-state index is 5.88. The number of nitrogens with zero attached hydrogens (tertiary/aromatic N) is 1. The fourth-order valence-electron chi connectivity index (χ4n) is 1.85. The van der Waals surface area contributed by atoms with E-state index in [0.29, 0.717) is 10.3 Å². The van der Waals surface area contributed by atoms with Crippen molar-refractivity contribution < 1.29 is 4.74 Å². The van der Waals surface area contributed by atoms with E-state index in [-0.39, 0.29) is 5.41 Å². The quantitative estimate of drug-likeness (QED) is 0.751. The lowest BCUT2D eigenvalue weighted by Crippen LogP contribution is -2.13. The Morgan fingerprint density at radius 1 is 1.32 bits per heavy atom. The molecule has 0 atom stereocenters. The summed E-state index contributed by atoms with van der Waals surface area (Å²) in [7, 11) is 0. The molecule has 0 unspecified atom stereocenters. The number of benzene rings is 1. The zero-order chi connectivity index (χ0) is 14.0. The molecule has 0 N–H and O–H groups in total. The molecule has 2 aromatic rings. The molecule has 0 aliphatic carbocycles. The van der Waals surface area contributed by atoms with Crippen molar-refractivity contribution in [2.24, 2.45) is 0 Å². The van der Waals surface area contributed by atoms with Gasteiger partial charge in [0.15, 0.2) is 0 Å². The van der Waals surface area contributed by atoms with Crippen molar-refractivity contribution in [3.8, 4) is 10.9 Å². The predicted molar refractivity (Wildman–Crippen MR) is 81.7 cm³/mol. The summed E-state index contributed by atoms with van der Waals surface area (Å²) >= 11 is 7.23. The SMILES string of the molecule is CCc1ccc(Oc2nc(Cl)cs2)c(C(C)(C)C)c1. The molecule has 0 radical (unpaired) electrons. The van der Waals surface area contributed by atoms with Gasteiger partial charge in [-0.1, -0.05) is 62.8 Å². The number of hydrogen-bond acceptors (Lipinski definition) is 3. The molecule has 0 spiro atoms. The highest BCUT2D eigenvalue weighted by molar-refractivity contribution is 7.11. The molecule has 0 aliphatic rings. The Kier molecular flexibility index (Phi) is 4.16. The molecule has 19 heavy (non-hydrogen) atoms. The first kappa shape index (κ1) is 14.4. The zero-order valence-electron chi connectivity index (χ0n) is 11.7. The third kappa shape index (κ3) is 3.48. The molecule has 1 aromatic heterocycles. The molecule has 0 aliphatic heterocycles. The van der Waals surface area contributed by atoms with Crippen LogP contribution in [-0.2, 0) is 11.8 Å². The van der Waals surface area contributed by atoms with Crippen LogP contribution in [0.5, 0.6) is 10.9 Å². The van der Waals surface area contributed by atoms with Gasteiger partial charge in [0, 0.05) is 10.9 Å². The highest BCUT2D eigenvalue weighted by atomic mass is 35.5. The van der Waals surface area contributed by atoms with Crippen molar-refractivity contribution in [2.75, 3.05) is 0 Å². The first-order chi connectivity index (χ1) is 8.90. The molecule has 0 saturated heterocycles. The van der Waals surface area contributed by atoms with Gasteiger partial charge in [-0.3, -0.25) is 0 Å². The predicted octanol–water partition coefficient (Wildman–Crippen LogP) is 5.45. The maximum Gasteiger partial charge on any atom is 0.280 e. The van der Waals surface area contributed by atoms with E-state index < -0.39 is 0 Å². The summed E-state index contributed by atoms with van der Waals surface area (Å²) in [6.45, 7) is 8.71. The largest absolute Gasteiger partial charge is 0.431 e. The summed E-state index contributed by atoms with van der Waals surface area (Å²) in [6.07, 6.45) is 1.02. The van der Waals surface area contributed by atoms with Gasteiger partial charge in [-0.25, -0.2) is 0 Å². The molecule has 4 heteroatoms. The Labute approximate surface area is 123 Å². The van der Waals surface area contributed by atoms with Crippen LogP contribution in [0, 0.1) is 0 Å². The highest BCUT2D eigenvalue weighted by Crippen LogP contribution is 2.36. The van der Waals surface area contributed by atoms with Gasteiger partial charge in [0.05, 0.1) is 0 Å². The van der Waals surface area contributed by atoms with Gasteiger partial charge in [-0.05, 0) is 23.5 Å². The van der Waals surface area contributed by atoms with Crippen LogP contribution >= 0.6 is 22.9 Å². The Hall–Kier alpha value is -1.06. The Bertz CT molecular complexity index is 572. The third-order valence-corrected chi connectivity index (χ3v) is 3.95. The normalized spacial score (nSPS) is 11.6. The first-order valence-electron chi connectivity index (χ1n) is 6.32. The van der Waals surface area contributed by atoms with Crippen LogP contribution in [0.2, 0.25) is 5.15 Å². The number of ether oxygens (including phenoxy) is 1. The van der Waals surface area contributed by atoms with Crippen LogP contribution in [0.15, 0.2) is 23.6 Å². The zero-order valence-corrected chi connectivity index (χ0v) is 13.2. The standard InChI is InChI=1S/C15H18ClNOS/c1-5-10-6-7-12(11(8-10)15(2,3)4)18-14-17-13(16)9-19-14/h6-9H,5H2,1-4H3. The van der Waals surface area contributed by atoms with Crippen LogP contribution < -0.4 is 4.74 Å². The van der Waals surface area contributed by atoms with Crippen molar-refractivity contribution in [1.29, 1.82) is 0 Å². The molecule has 1 aromatic carbocycles. The minimum atomic E-state index is 0.0293. The Morgan fingerprint density at radius 3 is 2.58 bits per heavy atom. The fourth-order valence-corrected chi connectivity index (χ4v) is 2.65. The van der Waals surface area contributed by atoms with Crippen molar-refractivity contribution in [3.05, 3.63) is 39.9 Å². The minimum Gasteiger partial charge on any atom is -0.431 e. The smallest absolute Gasteiger partial charge is 0.280 e. The lowest BCUT2D eigenvalue weighted by molar-refractivity contribution is 0.452. The number of halogens is 1. The second kappa shape index (κ2) is 5.51. The minimum absolute atomic E-state index is 0.0293. The lowest BCUT2D eigenvalue weighted by atomic mass is 9.85. The summed E-state index contributed by atoms with van der Waals surface area (Å²) < 4.78 is 5.88. The number of hydrogen-bond donors (Lipinski definition) is 0. The molecule has 0 amide bonds. The van der Waals surface area contributed by atoms with Crippen LogP contribution in [0.25, 0.3) is 0 Å². The summed E-state index contributed by atoms with van der Waals surface area (Å²) in [5, 5.41) is 2.83. The molecular formula is C15H18ClNOS. The Morgan fingerprint density at radius 2 is 2.05 bits per heavy atom. The monoisotopic (exact) mass is 295 g/mol. The van der Waals surface area contributed by atoms with Gasteiger partial charge in [-0.2, -0.15) is 4.98 Å². The van der Waals surface area contributed by atoms with Crippen molar-refractivity contribution in [3.63, 3.8) is 0 Å². The molecule has 102 valence electrons. The molecule has 0 bridgehead atoms. The third-order valence-electron chi connectivity index (χ3n) is 2.91. The molecule has 0 saturated carbocycles. The molecular weight excluding hydrogens is 278 g/mol. The fraction of sp³-hybridized carbons (Fsp3) is 0.400. The van der Waals surface area contributed by atoms with Gasteiger partial charge in [0.25, 0.3) is 5.19 Å². The number of aryl methyl sites for hydroxylation is 1. The van der Waals surface area contributed by atoms with E-state index in [1.165, 1.54) is 22.5 Å². The second-order valence-electron chi connectivity index (χ2n) is 5.47. The van der Waals surface area contributed by atoms with Gasteiger partial charge >= 0.3 is 0 Å². The van der Waals surface area contributed by atoms with Crippen molar-refractivity contribution in [1.82, 2.24) is 4.98 Å². The maximum atomic E-state index is 5.88. The van der Waals surface area contributed by atoms with E-state index >= 15 is 0 Å². The highest BCUT2D eigenvalue weighted by Gasteiger charge is 2.20. The van der Waals surface area contributed by atoms with E-state index in [4.69, 9.17) is 16.3 Å². The van der Waals surface area contributed by atoms with Crippen LogP contribution in [0.1, 0.15) is 38.8 Å². The number of rotatable bonds is 3. The van der Waals surface area contributed by atoms with E-state index in [0.717, 1.165) is 12.2 Å². The average Bonchev–Trinajstić information content (AvgIpc) is 2.74. The van der Waals surface area contributed by atoms with Crippen molar-refractivity contribution >= 4 is 22.9 Å². The Balaban J connectivity index is 2.39. The van der Waals surface area contributed by atoms with E-state index in [1.54, 1.807) is 5.38 Å². The topological polar surface area (TPSA) is 22.1 Å².